The number of carbonyl (C=O) groups is 1. The summed E-state index contributed by atoms with van der Waals surface area (Å²) >= 11 is 1.50. The van der Waals surface area contributed by atoms with Crippen LogP contribution in [-0.2, 0) is 4.79 Å². The van der Waals surface area contributed by atoms with E-state index in [2.05, 4.69) is 11.1 Å². The third-order valence-electron chi connectivity index (χ3n) is 4.61. The molecule has 2 saturated carbocycles. The van der Waals surface area contributed by atoms with Gasteiger partial charge in [-0.1, -0.05) is 19.3 Å². The Kier molecular flexibility index (Phi) is 3.75. The van der Waals surface area contributed by atoms with Crippen LogP contribution in [0.1, 0.15) is 51.4 Å². The molecule has 0 spiro atoms. The van der Waals surface area contributed by atoms with Gasteiger partial charge in [0, 0.05) is 17.6 Å². The van der Waals surface area contributed by atoms with Crippen LogP contribution in [-0.4, -0.2) is 16.9 Å². The molecular formula is C15H19N3OS. The number of nitriles is 1. The molecular weight excluding hydrogens is 270 g/mol. The van der Waals surface area contributed by atoms with Crippen molar-refractivity contribution in [2.75, 3.05) is 4.90 Å². The molecule has 0 aliphatic heterocycles. The lowest BCUT2D eigenvalue weighted by Crippen LogP contribution is -2.52. The van der Waals surface area contributed by atoms with Crippen LogP contribution >= 0.6 is 11.3 Å². The van der Waals surface area contributed by atoms with Gasteiger partial charge in [-0.05, 0) is 32.1 Å². The quantitative estimate of drug-likeness (QED) is 0.855. The second kappa shape index (κ2) is 5.53. The van der Waals surface area contributed by atoms with Gasteiger partial charge in [0.1, 0.15) is 5.41 Å². The fraction of sp³-hybridized carbons (Fsp3) is 0.667. The fourth-order valence-corrected chi connectivity index (χ4v) is 3.93. The van der Waals surface area contributed by atoms with Crippen LogP contribution in [0.2, 0.25) is 0 Å². The maximum atomic E-state index is 12.9. The number of thiazole rings is 1. The second-order valence-corrected chi connectivity index (χ2v) is 6.70. The maximum absolute atomic E-state index is 12.9. The minimum atomic E-state index is -0.775. The van der Waals surface area contributed by atoms with E-state index in [-0.39, 0.29) is 11.9 Å². The Morgan fingerprint density at radius 3 is 2.60 bits per heavy atom. The molecule has 1 aromatic rings. The molecule has 0 saturated heterocycles. The lowest BCUT2D eigenvalue weighted by Gasteiger charge is -2.41. The van der Waals surface area contributed by atoms with Crippen molar-refractivity contribution in [1.82, 2.24) is 4.98 Å². The van der Waals surface area contributed by atoms with Crippen molar-refractivity contribution in [3.63, 3.8) is 0 Å². The highest BCUT2D eigenvalue weighted by molar-refractivity contribution is 7.13. The number of amides is 1. The van der Waals surface area contributed by atoms with E-state index in [1.807, 2.05) is 10.3 Å². The van der Waals surface area contributed by atoms with Crippen LogP contribution in [0, 0.1) is 16.7 Å². The standard InChI is InChI=1S/C15H19N3OS/c16-11-15(7-4-8-15)13(19)18(14-17-9-10-20-14)12-5-2-1-3-6-12/h9-10,12H,1-8H2. The predicted molar refractivity (Wildman–Crippen MR) is 78.4 cm³/mol. The summed E-state index contributed by atoms with van der Waals surface area (Å²) in [7, 11) is 0. The van der Waals surface area contributed by atoms with Gasteiger partial charge in [-0.3, -0.25) is 9.69 Å². The van der Waals surface area contributed by atoms with Crippen molar-refractivity contribution in [2.24, 2.45) is 5.41 Å². The molecule has 5 heteroatoms. The maximum Gasteiger partial charge on any atom is 0.249 e. The normalized spacial score (nSPS) is 21.8. The van der Waals surface area contributed by atoms with Crippen molar-refractivity contribution in [3.8, 4) is 6.07 Å². The lowest BCUT2D eigenvalue weighted by atomic mass is 9.68. The molecule has 0 aromatic carbocycles. The van der Waals surface area contributed by atoms with E-state index in [4.69, 9.17) is 0 Å². The van der Waals surface area contributed by atoms with Gasteiger partial charge in [0.05, 0.1) is 6.07 Å². The van der Waals surface area contributed by atoms with Crippen molar-refractivity contribution >= 4 is 22.4 Å². The molecule has 0 radical (unpaired) electrons. The van der Waals surface area contributed by atoms with Crippen LogP contribution in [0.4, 0.5) is 5.13 Å². The van der Waals surface area contributed by atoms with Gasteiger partial charge in [0.25, 0.3) is 0 Å². The second-order valence-electron chi connectivity index (χ2n) is 5.83. The Morgan fingerprint density at radius 1 is 1.35 bits per heavy atom. The molecule has 106 valence electrons. The van der Waals surface area contributed by atoms with Gasteiger partial charge in [-0.15, -0.1) is 11.3 Å². The molecule has 0 bridgehead atoms. The van der Waals surface area contributed by atoms with Crippen molar-refractivity contribution < 1.29 is 4.79 Å². The van der Waals surface area contributed by atoms with E-state index in [9.17, 15) is 10.1 Å². The fourth-order valence-electron chi connectivity index (χ4n) is 3.22. The summed E-state index contributed by atoms with van der Waals surface area (Å²) in [6.45, 7) is 0. The van der Waals surface area contributed by atoms with Gasteiger partial charge >= 0.3 is 0 Å². The van der Waals surface area contributed by atoms with Crippen molar-refractivity contribution in [2.45, 2.75) is 57.4 Å². The van der Waals surface area contributed by atoms with Crippen molar-refractivity contribution in [1.29, 1.82) is 5.26 Å². The molecule has 1 aromatic heterocycles. The van der Waals surface area contributed by atoms with Gasteiger partial charge in [0.2, 0.25) is 5.91 Å². The molecule has 3 rings (SSSR count). The molecule has 20 heavy (non-hydrogen) atoms. The smallest absolute Gasteiger partial charge is 0.249 e. The Labute approximate surface area is 123 Å². The third-order valence-corrected chi connectivity index (χ3v) is 5.39. The summed E-state index contributed by atoms with van der Waals surface area (Å²) in [6.07, 6.45) is 9.78. The van der Waals surface area contributed by atoms with Crippen LogP contribution in [0.15, 0.2) is 11.6 Å². The van der Waals surface area contributed by atoms with Crippen LogP contribution in [0.5, 0.6) is 0 Å². The zero-order valence-electron chi connectivity index (χ0n) is 11.5. The zero-order valence-corrected chi connectivity index (χ0v) is 12.4. The average Bonchev–Trinajstić information content (AvgIpc) is 2.93. The Balaban J connectivity index is 1.89. The van der Waals surface area contributed by atoms with E-state index in [1.54, 1.807) is 6.20 Å². The third kappa shape index (κ3) is 2.22. The molecule has 2 fully saturated rings. The van der Waals surface area contributed by atoms with Crippen molar-refractivity contribution in [3.05, 3.63) is 11.6 Å². The van der Waals surface area contributed by atoms with E-state index in [0.717, 1.165) is 24.4 Å². The number of aromatic nitrogens is 1. The predicted octanol–water partition coefficient (Wildman–Crippen LogP) is 3.50. The van der Waals surface area contributed by atoms with Gasteiger partial charge in [-0.25, -0.2) is 4.98 Å². The number of hydrogen-bond acceptors (Lipinski definition) is 4. The molecule has 0 unspecified atom stereocenters. The molecule has 1 heterocycles. The van der Waals surface area contributed by atoms with Crippen LogP contribution in [0.3, 0.4) is 0 Å². The van der Waals surface area contributed by atoms with E-state index < -0.39 is 5.41 Å². The highest BCUT2D eigenvalue weighted by Crippen LogP contribution is 2.44. The molecule has 2 aliphatic rings. The molecule has 4 nitrogen and oxygen atoms in total. The number of carbonyl (C=O) groups excluding carboxylic acids is 1. The summed E-state index contributed by atoms with van der Waals surface area (Å²) in [4.78, 5) is 19.1. The Hall–Kier alpha value is -1.41. The summed E-state index contributed by atoms with van der Waals surface area (Å²) < 4.78 is 0. The number of anilines is 1. The SMILES string of the molecule is N#CC1(C(=O)N(c2nccs2)C2CCCCC2)CCC1. The first-order chi connectivity index (χ1) is 9.77. The number of hydrogen-bond donors (Lipinski definition) is 0. The van der Waals surface area contributed by atoms with E-state index in [0.29, 0.717) is 12.8 Å². The highest BCUT2D eigenvalue weighted by atomic mass is 32.1. The van der Waals surface area contributed by atoms with Crippen LogP contribution < -0.4 is 4.90 Å². The van der Waals surface area contributed by atoms with E-state index in [1.165, 1.54) is 30.6 Å². The van der Waals surface area contributed by atoms with Gasteiger partial charge in [0.15, 0.2) is 5.13 Å². The molecule has 2 aliphatic carbocycles. The summed E-state index contributed by atoms with van der Waals surface area (Å²) in [5.74, 6) is -0.00639. The number of rotatable bonds is 3. The summed E-state index contributed by atoms with van der Waals surface area (Å²) in [6, 6.07) is 2.51. The largest absolute Gasteiger partial charge is 0.284 e. The summed E-state index contributed by atoms with van der Waals surface area (Å²) in [5.41, 5.74) is -0.775. The first kappa shape index (κ1) is 13.6. The lowest BCUT2D eigenvalue weighted by molar-refractivity contribution is -0.129. The number of nitrogens with zero attached hydrogens (tertiary/aromatic N) is 3. The monoisotopic (exact) mass is 289 g/mol. The Bertz CT molecular complexity index is 510. The van der Waals surface area contributed by atoms with Gasteiger partial charge in [-0.2, -0.15) is 5.26 Å². The summed E-state index contributed by atoms with van der Waals surface area (Å²) in [5, 5.41) is 12.1. The molecule has 1 amide bonds. The van der Waals surface area contributed by atoms with E-state index >= 15 is 0 Å². The Morgan fingerprint density at radius 2 is 2.10 bits per heavy atom. The molecule has 0 atom stereocenters. The van der Waals surface area contributed by atoms with Gasteiger partial charge < -0.3 is 0 Å². The zero-order chi connectivity index (χ0) is 14.0. The first-order valence-corrected chi connectivity index (χ1v) is 8.29. The topological polar surface area (TPSA) is 57.0 Å². The van der Waals surface area contributed by atoms with Crippen LogP contribution in [0.25, 0.3) is 0 Å². The highest BCUT2D eigenvalue weighted by Gasteiger charge is 2.49. The minimum Gasteiger partial charge on any atom is -0.284 e. The average molecular weight is 289 g/mol. The minimum absolute atomic E-state index is 0.00639. The molecule has 0 N–H and O–H groups in total. The first-order valence-electron chi connectivity index (χ1n) is 7.41.